The Hall–Kier alpha value is -1.89. The molecular formula is C19H17Cl2N3O2S. The molecule has 27 heavy (non-hydrogen) atoms. The summed E-state index contributed by atoms with van der Waals surface area (Å²) in [7, 11) is 0. The van der Waals surface area contributed by atoms with E-state index in [1.807, 2.05) is 35.2 Å². The summed E-state index contributed by atoms with van der Waals surface area (Å²) in [5.74, 6) is 0.392. The lowest BCUT2D eigenvalue weighted by molar-refractivity contribution is -0.128. The highest BCUT2D eigenvalue weighted by molar-refractivity contribution is 7.99. The maximum absolute atomic E-state index is 12.5. The maximum Gasteiger partial charge on any atom is 0.257 e. The molecule has 0 spiro atoms. The summed E-state index contributed by atoms with van der Waals surface area (Å²) in [6.07, 6.45) is 0. The first-order valence-electron chi connectivity index (χ1n) is 8.56. The van der Waals surface area contributed by atoms with Gasteiger partial charge < -0.3 is 14.2 Å². The monoisotopic (exact) mass is 421 g/mol. The van der Waals surface area contributed by atoms with E-state index in [2.05, 4.69) is 9.88 Å². The van der Waals surface area contributed by atoms with Crippen LogP contribution in [0.4, 0.5) is 5.69 Å². The second-order valence-corrected chi connectivity index (χ2v) is 8.03. The van der Waals surface area contributed by atoms with Crippen molar-refractivity contribution in [3.05, 3.63) is 52.5 Å². The highest BCUT2D eigenvalue weighted by atomic mass is 35.5. The Morgan fingerprint density at radius 3 is 2.63 bits per heavy atom. The van der Waals surface area contributed by atoms with Gasteiger partial charge in [0.2, 0.25) is 5.91 Å². The van der Waals surface area contributed by atoms with Gasteiger partial charge >= 0.3 is 0 Å². The lowest BCUT2D eigenvalue weighted by Crippen LogP contribution is -2.49. The second kappa shape index (κ2) is 8.00. The van der Waals surface area contributed by atoms with E-state index in [0.29, 0.717) is 34.7 Å². The molecular weight excluding hydrogens is 405 g/mol. The number of piperazine rings is 1. The summed E-state index contributed by atoms with van der Waals surface area (Å²) >= 11 is 13.3. The van der Waals surface area contributed by atoms with Crippen LogP contribution < -0.4 is 4.90 Å². The summed E-state index contributed by atoms with van der Waals surface area (Å²) in [6, 6.07) is 13.1. The number of nitrogens with zero attached hydrogens (tertiary/aromatic N) is 3. The number of carbonyl (C=O) groups is 1. The number of fused-ring (bicyclic) bond motifs is 1. The fraction of sp³-hybridized carbons (Fsp3) is 0.263. The predicted octanol–water partition coefficient (Wildman–Crippen LogP) is 4.58. The van der Waals surface area contributed by atoms with E-state index in [1.54, 1.807) is 12.1 Å². The van der Waals surface area contributed by atoms with Gasteiger partial charge in [-0.05, 0) is 30.3 Å². The van der Waals surface area contributed by atoms with Gasteiger partial charge in [0.25, 0.3) is 5.22 Å². The normalized spacial score (nSPS) is 14.7. The summed E-state index contributed by atoms with van der Waals surface area (Å²) in [4.78, 5) is 21.0. The van der Waals surface area contributed by atoms with Crippen molar-refractivity contribution in [3.63, 3.8) is 0 Å². The Morgan fingerprint density at radius 2 is 1.85 bits per heavy atom. The van der Waals surface area contributed by atoms with Gasteiger partial charge in [0.05, 0.1) is 5.75 Å². The Bertz CT molecular complexity index is 970. The van der Waals surface area contributed by atoms with Crippen LogP contribution in [0.3, 0.4) is 0 Å². The van der Waals surface area contributed by atoms with Crippen LogP contribution in [0.1, 0.15) is 0 Å². The number of thioether (sulfide) groups is 1. The van der Waals surface area contributed by atoms with Gasteiger partial charge in [-0.3, -0.25) is 4.79 Å². The largest absolute Gasteiger partial charge is 0.431 e. The highest BCUT2D eigenvalue weighted by Crippen LogP contribution is 2.26. The van der Waals surface area contributed by atoms with E-state index < -0.39 is 0 Å². The molecule has 0 aliphatic carbocycles. The third-order valence-electron chi connectivity index (χ3n) is 4.46. The number of halogens is 2. The Kier molecular flexibility index (Phi) is 5.48. The molecule has 1 fully saturated rings. The molecule has 2 aromatic carbocycles. The molecule has 0 bridgehead atoms. The van der Waals surface area contributed by atoms with Crippen LogP contribution in [-0.4, -0.2) is 47.7 Å². The maximum atomic E-state index is 12.5. The minimum Gasteiger partial charge on any atom is -0.431 e. The summed E-state index contributed by atoms with van der Waals surface area (Å²) in [5, 5.41) is 1.81. The molecule has 0 N–H and O–H groups in total. The van der Waals surface area contributed by atoms with Crippen molar-refractivity contribution in [1.29, 1.82) is 0 Å². The van der Waals surface area contributed by atoms with Gasteiger partial charge in [-0.2, -0.15) is 0 Å². The summed E-state index contributed by atoms with van der Waals surface area (Å²) in [5.41, 5.74) is 2.46. The van der Waals surface area contributed by atoms with Gasteiger partial charge in [-0.1, -0.05) is 41.0 Å². The van der Waals surface area contributed by atoms with Gasteiger partial charge in [0, 0.05) is 48.0 Å². The molecule has 0 saturated carbocycles. The van der Waals surface area contributed by atoms with Crippen LogP contribution in [0.15, 0.2) is 52.1 Å². The fourth-order valence-electron chi connectivity index (χ4n) is 3.04. The number of rotatable bonds is 4. The molecule has 140 valence electrons. The van der Waals surface area contributed by atoms with Crippen LogP contribution in [0.5, 0.6) is 0 Å². The lowest BCUT2D eigenvalue weighted by Gasteiger charge is -2.36. The molecule has 1 aromatic heterocycles. The number of carbonyl (C=O) groups excluding carboxylic acids is 1. The minimum absolute atomic E-state index is 0.0889. The highest BCUT2D eigenvalue weighted by Gasteiger charge is 2.22. The zero-order chi connectivity index (χ0) is 18.8. The van der Waals surface area contributed by atoms with Crippen molar-refractivity contribution < 1.29 is 9.21 Å². The van der Waals surface area contributed by atoms with E-state index in [0.717, 1.165) is 29.3 Å². The number of hydrogen-bond acceptors (Lipinski definition) is 5. The number of amides is 1. The van der Waals surface area contributed by atoms with Crippen molar-refractivity contribution in [3.8, 4) is 0 Å². The number of oxazole rings is 1. The van der Waals surface area contributed by atoms with Crippen molar-refractivity contribution in [2.24, 2.45) is 0 Å². The standard InChI is InChI=1S/C19H17Cl2N3O2S/c20-13-2-1-3-15(10-13)23-6-8-24(9-7-23)18(25)12-27-19-22-16-5-4-14(21)11-17(16)26-19/h1-5,10-11H,6-9,12H2. The van der Waals surface area contributed by atoms with E-state index in [9.17, 15) is 4.79 Å². The van der Waals surface area contributed by atoms with Crippen LogP contribution in [0.25, 0.3) is 11.1 Å². The first-order valence-corrected chi connectivity index (χ1v) is 10.3. The van der Waals surface area contributed by atoms with Crippen molar-refractivity contribution >= 4 is 57.7 Å². The molecule has 1 aliphatic heterocycles. The van der Waals surface area contributed by atoms with Crippen molar-refractivity contribution in [2.45, 2.75) is 5.22 Å². The molecule has 5 nitrogen and oxygen atoms in total. The number of benzene rings is 2. The van der Waals surface area contributed by atoms with Gasteiger partial charge in [0.15, 0.2) is 5.58 Å². The Balaban J connectivity index is 1.31. The van der Waals surface area contributed by atoms with Crippen LogP contribution in [0.2, 0.25) is 10.0 Å². The van der Waals surface area contributed by atoms with Gasteiger partial charge in [0.1, 0.15) is 5.52 Å². The summed E-state index contributed by atoms with van der Waals surface area (Å²) < 4.78 is 5.65. The van der Waals surface area contributed by atoms with Crippen LogP contribution >= 0.6 is 35.0 Å². The zero-order valence-electron chi connectivity index (χ0n) is 14.4. The third-order valence-corrected chi connectivity index (χ3v) is 5.74. The molecule has 3 aromatic rings. The number of aromatic nitrogens is 1. The summed E-state index contributed by atoms with van der Waals surface area (Å²) in [6.45, 7) is 2.96. The van der Waals surface area contributed by atoms with E-state index in [4.69, 9.17) is 27.6 Å². The second-order valence-electron chi connectivity index (χ2n) is 6.23. The van der Waals surface area contributed by atoms with Crippen molar-refractivity contribution in [1.82, 2.24) is 9.88 Å². The molecule has 0 radical (unpaired) electrons. The molecule has 1 aliphatic rings. The van der Waals surface area contributed by atoms with Gasteiger partial charge in [-0.15, -0.1) is 0 Å². The average molecular weight is 422 g/mol. The molecule has 0 unspecified atom stereocenters. The Morgan fingerprint density at radius 1 is 1.07 bits per heavy atom. The lowest BCUT2D eigenvalue weighted by atomic mass is 10.2. The molecule has 8 heteroatoms. The third kappa shape index (κ3) is 4.34. The number of anilines is 1. The Labute approximate surface area is 171 Å². The molecule has 1 amide bonds. The topological polar surface area (TPSA) is 49.6 Å². The van der Waals surface area contributed by atoms with E-state index >= 15 is 0 Å². The van der Waals surface area contributed by atoms with E-state index in [-0.39, 0.29) is 5.91 Å². The number of hydrogen-bond donors (Lipinski definition) is 0. The van der Waals surface area contributed by atoms with E-state index in [1.165, 1.54) is 11.8 Å². The molecule has 2 heterocycles. The quantitative estimate of drug-likeness (QED) is 0.577. The van der Waals surface area contributed by atoms with Gasteiger partial charge in [-0.25, -0.2) is 4.98 Å². The van der Waals surface area contributed by atoms with Crippen LogP contribution in [-0.2, 0) is 4.79 Å². The van der Waals surface area contributed by atoms with Crippen LogP contribution in [0, 0.1) is 0 Å². The smallest absolute Gasteiger partial charge is 0.257 e. The molecule has 0 atom stereocenters. The first kappa shape index (κ1) is 18.5. The molecule has 1 saturated heterocycles. The van der Waals surface area contributed by atoms with Crippen molar-refractivity contribution in [2.75, 3.05) is 36.8 Å². The zero-order valence-corrected chi connectivity index (χ0v) is 16.7. The SMILES string of the molecule is O=C(CSc1nc2ccc(Cl)cc2o1)N1CCN(c2cccc(Cl)c2)CC1. The minimum atomic E-state index is 0.0889. The predicted molar refractivity (Wildman–Crippen MR) is 110 cm³/mol. The first-order chi connectivity index (χ1) is 13.1. The molecule has 4 rings (SSSR count). The average Bonchev–Trinajstić information content (AvgIpc) is 3.08. The fourth-order valence-corrected chi connectivity index (χ4v) is 4.13.